The van der Waals surface area contributed by atoms with E-state index in [2.05, 4.69) is 44.8 Å². The molecule has 0 radical (unpaired) electrons. The van der Waals surface area contributed by atoms with E-state index in [0.29, 0.717) is 18.1 Å². The third kappa shape index (κ3) is 6.27. The number of halogens is 1. The monoisotopic (exact) mass is 398 g/mol. The Labute approximate surface area is 173 Å². The number of aryl methyl sites for hydroxylation is 1. The molecule has 1 heterocycles. The largest absolute Gasteiger partial charge is 0.379 e. The molecule has 0 aliphatic carbocycles. The van der Waals surface area contributed by atoms with Crippen LogP contribution in [0.4, 0.5) is 4.39 Å². The number of ether oxygens (including phenoxy) is 1. The van der Waals surface area contributed by atoms with Gasteiger partial charge in [-0.3, -0.25) is 9.89 Å². The minimum atomic E-state index is -0.184. The van der Waals surface area contributed by atoms with Crippen molar-refractivity contribution in [3.8, 4) is 0 Å². The molecule has 1 aliphatic rings. The van der Waals surface area contributed by atoms with Crippen molar-refractivity contribution < 1.29 is 9.13 Å². The maximum absolute atomic E-state index is 13.9. The van der Waals surface area contributed by atoms with Crippen LogP contribution in [0.3, 0.4) is 0 Å². The van der Waals surface area contributed by atoms with Crippen molar-refractivity contribution in [2.24, 2.45) is 4.99 Å². The van der Waals surface area contributed by atoms with Gasteiger partial charge in [-0.1, -0.05) is 36.4 Å². The molecule has 0 aromatic heterocycles. The van der Waals surface area contributed by atoms with Gasteiger partial charge in [0.2, 0.25) is 0 Å². The summed E-state index contributed by atoms with van der Waals surface area (Å²) in [4.78, 5) is 6.72. The Kier molecular flexibility index (Phi) is 7.61. The minimum absolute atomic E-state index is 0.0519. The molecule has 3 rings (SSSR count). The highest BCUT2D eigenvalue weighted by Crippen LogP contribution is 2.16. The fourth-order valence-corrected chi connectivity index (χ4v) is 3.40. The maximum Gasteiger partial charge on any atom is 0.191 e. The molecule has 0 amide bonds. The summed E-state index contributed by atoms with van der Waals surface area (Å²) in [6.07, 6.45) is 0. The van der Waals surface area contributed by atoms with Gasteiger partial charge < -0.3 is 15.4 Å². The normalized spacial score (nSPS) is 16.5. The van der Waals surface area contributed by atoms with Crippen LogP contribution >= 0.6 is 0 Å². The summed E-state index contributed by atoms with van der Waals surface area (Å²) in [6, 6.07) is 13.9. The van der Waals surface area contributed by atoms with Gasteiger partial charge in [0.05, 0.1) is 19.3 Å². The molecule has 5 nitrogen and oxygen atoms in total. The van der Waals surface area contributed by atoms with Gasteiger partial charge in [0, 0.05) is 33.2 Å². The first-order valence-electron chi connectivity index (χ1n) is 10.2. The number of benzene rings is 2. The Balaban J connectivity index is 1.54. The molecule has 156 valence electrons. The maximum atomic E-state index is 13.9. The third-order valence-electron chi connectivity index (χ3n) is 5.23. The molecule has 2 N–H and O–H groups in total. The number of aliphatic imine (C=N–C) groups is 1. The molecule has 1 saturated heterocycles. The second-order valence-corrected chi connectivity index (χ2v) is 7.51. The summed E-state index contributed by atoms with van der Waals surface area (Å²) in [5, 5.41) is 6.69. The van der Waals surface area contributed by atoms with Crippen molar-refractivity contribution in [1.82, 2.24) is 15.5 Å². The van der Waals surface area contributed by atoms with Crippen LogP contribution in [-0.2, 0) is 17.8 Å². The first kappa shape index (κ1) is 21.3. The second-order valence-electron chi connectivity index (χ2n) is 7.51. The number of morpholine rings is 1. The van der Waals surface area contributed by atoms with Gasteiger partial charge in [-0.2, -0.15) is 0 Å². The molecule has 2 aromatic carbocycles. The average Bonchev–Trinajstić information content (AvgIpc) is 2.74. The number of hydrogen-bond acceptors (Lipinski definition) is 3. The van der Waals surface area contributed by atoms with Crippen molar-refractivity contribution in [3.63, 3.8) is 0 Å². The van der Waals surface area contributed by atoms with Gasteiger partial charge in [0.25, 0.3) is 0 Å². The van der Waals surface area contributed by atoms with Crippen molar-refractivity contribution in [3.05, 3.63) is 70.5 Å². The Morgan fingerprint density at radius 2 is 1.93 bits per heavy atom. The molecule has 29 heavy (non-hydrogen) atoms. The lowest BCUT2D eigenvalue weighted by atomic mass is 10.1. The van der Waals surface area contributed by atoms with Crippen molar-refractivity contribution in [1.29, 1.82) is 0 Å². The molecule has 6 heteroatoms. The first-order valence-corrected chi connectivity index (χ1v) is 10.2. The summed E-state index contributed by atoms with van der Waals surface area (Å²) in [7, 11) is 1.74. The molecular weight excluding hydrogens is 367 g/mol. The van der Waals surface area contributed by atoms with Crippen LogP contribution < -0.4 is 10.6 Å². The zero-order chi connectivity index (χ0) is 20.6. The van der Waals surface area contributed by atoms with Crippen molar-refractivity contribution in [2.75, 3.05) is 33.4 Å². The van der Waals surface area contributed by atoms with Crippen molar-refractivity contribution >= 4 is 5.96 Å². The van der Waals surface area contributed by atoms with Crippen LogP contribution in [0.2, 0.25) is 0 Å². The zero-order valence-corrected chi connectivity index (χ0v) is 17.5. The van der Waals surface area contributed by atoms with Crippen LogP contribution in [0, 0.1) is 12.7 Å². The van der Waals surface area contributed by atoms with E-state index in [0.717, 1.165) is 38.4 Å². The Morgan fingerprint density at radius 1 is 1.17 bits per heavy atom. The van der Waals surface area contributed by atoms with E-state index in [1.165, 1.54) is 11.1 Å². The molecular formula is C23H31FN4O. The number of nitrogens with zero attached hydrogens (tertiary/aromatic N) is 2. The molecule has 0 bridgehead atoms. The predicted molar refractivity (Wildman–Crippen MR) is 115 cm³/mol. The number of hydrogen-bond donors (Lipinski definition) is 2. The van der Waals surface area contributed by atoms with E-state index in [4.69, 9.17) is 4.74 Å². The van der Waals surface area contributed by atoms with Crippen molar-refractivity contribution in [2.45, 2.75) is 33.0 Å². The SMILES string of the molecule is CN=C(NCc1cccc(CN2CCOCC2)c1)NC(C)c1ccc(C)c(F)c1. The quantitative estimate of drug-likeness (QED) is 0.579. The summed E-state index contributed by atoms with van der Waals surface area (Å²) in [5.41, 5.74) is 4.05. The van der Waals surface area contributed by atoms with E-state index in [1.807, 2.05) is 13.0 Å². The predicted octanol–water partition coefficient (Wildman–Crippen LogP) is 3.39. The fraction of sp³-hybridized carbons (Fsp3) is 0.435. The Morgan fingerprint density at radius 3 is 2.66 bits per heavy atom. The highest BCUT2D eigenvalue weighted by atomic mass is 19.1. The lowest BCUT2D eigenvalue weighted by molar-refractivity contribution is 0.0342. The highest BCUT2D eigenvalue weighted by Gasteiger charge is 2.12. The number of nitrogens with one attached hydrogen (secondary N) is 2. The number of guanidine groups is 1. The second kappa shape index (κ2) is 10.4. The van der Waals surface area contributed by atoms with Crippen LogP contribution in [-0.4, -0.2) is 44.2 Å². The van der Waals surface area contributed by atoms with Crippen LogP contribution in [0.1, 0.15) is 35.2 Å². The highest BCUT2D eigenvalue weighted by molar-refractivity contribution is 5.80. The zero-order valence-electron chi connectivity index (χ0n) is 17.5. The Hall–Kier alpha value is -2.44. The average molecular weight is 399 g/mol. The Bertz CT molecular complexity index is 833. The van der Waals surface area contributed by atoms with Crippen LogP contribution in [0.15, 0.2) is 47.5 Å². The molecule has 1 unspecified atom stereocenters. The molecule has 1 fully saturated rings. The van der Waals surface area contributed by atoms with E-state index >= 15 is 0 Å². The van der Waals surface area contributed by atoms with Gasteiger partial charge in [-0.05, 0) is 42.2 Å². The van der Waals surface area contributed by atoms with E-state index < -0.39 is 0 Å². The lowest BCUT2D eigenvalue weighted by Crippen LogP contribution is -2.38. The van der Waals surface area contributed by atoms with Crippen LogP contribution in [0.25, 0.3) is 0 Å². The van der Waals surface area contributed by atoms with Gasteiger partial charge in [-0.15, -0.1) is 0 Å². The standard InChI is InChI=1S/C23H31FN4O/c1-17-7-8-21(14-22(17)24)18(2)27-23(25-3)26-15-19-5-4-6-20(13-19)16-28-9-11-29-12-10-28/h4-8,13-14,18H,9-12,15-16H2,1-3H3,(H2,25,26,27). The van der Waals surface area contributed by atoms with Gasteiger partial charge in [0.15, 0.2) is 5.96 Å². The van der Waals surface area contributed by atoms with Gasteiger partial charge in [-0.25, -0.2) is 4.39 Å². The fourth-order valence-electron chi connectivity index (χ4n) is 3.40. The third-order valence-corrected chi connectivity index (χ3v) is 5.23. The summed E-state index contributed by atoms with van der Waals surface area (Å²) >= 11 is 0. The molecule has 1 aliphatic heterocycles. The summed E-state index contributed by atoms with van der Waals surface area (Å²) in [5.74, 6) is 0.508. The molecule has 1 atom stereocenters. The smallest absolute Gasteiger partial charge is 0.191 e. The van der Waals surface area contributed by atoms with E-state index in [-0.39, 0.29) is 11.9 Å². The molecule has 0 saturated carbocycles. The summed E-state index contributed by atoms with van der Waals surface area (Å²) in [6.45, 7) is 8.97. The summed E-state index contributed by atoms with van der Waals surface area (Å²) < 4.78 is 19.3. The first-order chi connectivity index (χ1) is 14.0. The molecule has 2 aromatic rings. The topological polar surface area (TPSA) is 48.9 Å². The van der Waals surface area contributed by atoms with E-state index in [9.17, 15) is 4.39 Å². The van der Waals surface area contributed by atoms with Gasteiger partial charge >= 0.3 is 0 Å². The molecule has 0 spiro atoms. The lowest BCUT2D eigenvalue weighted by Gasteiger charge is -2.26. The minimum Gasteiger partial charge on any atom is -0.379 e. The number of rotatable bonds is 6. The van der Waals surface area contributed by atoms with E-state index in [1.54, 1.807) is 26.1 Å². The van der Waals surface area contributed by atoms with Gasteiger partial charge in [0.1, 0.15) is 5.82 Å². The van der Waals surface area contributed by atoms with Crippen LogP contribution in [0.5, 0.6) is 0 Å².